The number of hydrogen-bond acceptors (Lipinski definition) is 4. The highest BCUT2D eigenvalue weighted by molar-refractivity contribution is 5.85. The number of aliphatic hydroxyl groups is 1. The van der Waals surface area contributed by atoms with Crippen LogP contribution in [-0.2, 0) is 14.3 Å². The molecule has 6 atom stereocenters. The number of ether oxygens (including phenoxy) is 1. The maximum atomic E-state index is 12.8. The van der Waals surface area contributed by atoms with Gasteiger partial charge < -0.3 is 9.84 Å². The Morgan fingerprint density at radius 1 is 1.32 bits per heavy atom. The maximum Gasteiger partial charge on any atom is 0.309 e. The Morgan fingerprint density at radius 2 is 2.09 bits per heavy atom. The quantitative estimate of drug-likeness (QED) is 0.814. The molecule has 0 aromatic heterocycles. The Morgan fingerprint density at radius 3 is 2.77 bits per heavy atom. The zero-order chi connectivity index (χ0) is 15.9. The first kappa shape index (κ1) is 16.0. The van der Waals surface area contributed by atoms with Gasteiger partial charge in [-0.05, 0) is 55.3 Å². The lowest BCUT2D eigenvalue weighted by molar-refractivity contribution is -0.155. The molecule has 0 aromatic carbocycles. The SMILES string of the molecule is COC(=O)[C@H]1CC[C@H]2[C@@H]3CC[C@H](CCO)C[C@H]3C(=O)C[C@]12C. The predicted octanol–water partition coefficient (Wildman–Crippen LogP) is 2.58. The van der Waals surface area contributed by atoms with Gasteiger partial charge >= 0.3 is 5.97 Å². The van der Waals surface area contributed by atoms with Gasteiger partial charge in [-0.1, -0.05) is 13.3 Å². The van der Waals surface area contributed by atoms with Gasteiger partial charge in [0.15, 0.2) is 0 Å². The van der Waals surface area contributed by atoms with E-state index < -0.39 is 0 Å². The summed E-state index contributed by atoms with van der Waals surface area (Å²) in [6.07, 6.45) is 6.41. The lowest BCUT2D eigenvalue weighted by atomic mass is 9.53. The van der Waals surface area contributed by atoms with Crippen LogP contribution in [-0.4, -0.2) is 30.6 Å². The molecular weight excluding hydrogens is 280 g/mol. The maximum absolute atomic E-state index is 12.8. The number of esters is 1. The molecule has 3 rings (SSSR count). The average molecular weight is 308 g/mol. The van der Waals surface area contributed by atoms with Crippen LogP contribution in [0.2, 0.25) is 0 Å². The van der Waals surface area contributed by atoms with Crippen LogP contribution in [0.15, 0.2) is 0 Å². The highest BCUT2D eigenvalue weighted by Gasteiger charge is 2.59. The minimum Gasteiger partial charge on any atom is -0.469 e. The summed E-state index contributed by atoms with van der Waals surface area (Å²) in [6.45, 7) is 2.36. The standard InChI is InChI=1S/C18H28O4/c1-18-10-16(20)13-9-11(7-8-19)3-4-12(13)14(18)5-6-15(18)17(21)22-2/h11-15,19H,3-10H2,1-2H3/t11-,12-,13-,14+,15-,18+/m1/s1. The molecule has 0 radical (unpaired) electrons. The van der Waals surface area contributed by atoms with E-state index in [4.69, 9.17) is 9.84 Å². The molecule has 0 aromatic rings. The molecule has 0 spiro atoms. The second-order valence-electron chi connectivity index (χ2n) is 7.87. The van der Waals surface area contributed by atoms with Gasteiger partial charge in [0.2, 0.25) is 0 Å². The van der Waals surface area contributed by atoms with E-state index >= 15 is 0 Å². The van der Waals surface area contributed by atoms with Gasteiger partial charge in [-0.25, -0.2) is 0 Å². The summed E-state index contributed by atoms with van der Waals surface area (Å²) in [7, 11) is 1.45. The van der Waals surface area contributed by atoms with E-state index in [-0.39, 0.29) is 29.8 Å². The lowest BCUT2D eigenvalue weighted by Gasteiger charge is -2.50. The van der Waals surface area contributed by atoms with E-state index in [2.05, 4.69) is 6.92 Å². The summed E-state index contributed by atoms with van der Waals surface area (Å²) in [5.41, 5.74) is -0.199. The molecule has 3 fully saturated rings. The molecular formula is C18H28O4. The van der Waals surface area contributed by atoms with Gasteiger partial charge in [0.25, 0.3) is 0 Å². The second kappa shape index (κ2) is 5.95. The van der Waals surface area contributed by atoms with Crippen LogP contribution in [0.4, 0.5) is 0 Å². The van der Waals surface area contributed by atoms with Crippen molar-refractivity contribution in [2.75, 3.05) is 13.7 Å². The first-order chi connectivity index (χ1) is 10.5. The zero-order valence-corrected chi connectivity index (χ0v) is 13.7. The molecule has 3 aliphatic rings. The van der Waals surface area contributed by atoms with E-state index in [9.17, 15) is 9.59 Å². The molecule has 1 N–H and O–H groups in total. The minimum absolute atomic E-state index is 0.109. The summed E-state index contributed by atoms with van der Waals surface area (Å²) in [6, 6.07) is 0. The van der Waals surface area contributed by atoms with Gasteiger partial charge in [-0.15, -0.1) is 0 Å². The van der Waals surface area contributed by atoms with Crippen molar-refractivity contribution in [1.29, 1.82) is 0 Å². The van der Waals surface area contributed by atoms with Crippen molar-refractivity contribution in [2.24, 2.45) is 35.0 Å². The minimum atomic E-state index is -0.199. The number of rotatable bonds is 3. The fourth-order valence-electron chi connectivity index (χ4n) is 5.84. The summed E-state index contributed by atoms with van der Waals surface area (Å²) in [5.74, 6) is 1.69. The molecule has 3 saturated carbocycles. The fraction of sp³-hybridized carbons (Fsp3) is 0.889. The number of ketones is 1. The van der Waals surface area contributed by atoms with E-state index in [1.54, 1.807) is 0 Å². The van der Waals surface area contributed by atoms with Gasteiger partial charge in [-0.2, -0.15) is 0 Å². The van der Waals surface area contributed by atoms with Crippen molar-refractivity contribution in [1.82, 2.24) is 0 Å². The normalized spacial score (nSPS) is 44.3. The van der Waals surface area contributed by atoms with E-state index in [1.165, 1.54) is 7.11 Å². The van der Waals surface area contributed by atoms with E-state index in [0.29, 0.717) is 30.0 Å². The van der Waals surface area contributed by atoms with Crippen LogP contribution >= 0.6 is 0 Å². The van der Waals surface area contributed by atoms with Crippen LogP contribution in [0.5, 0.6) is 0 Å². The number of Topliss-reactive ketones (excluding diaryl/α,β-unsaturated/α-hetero) is 1. The molecule has 124 valence electrons. The number of carbonyl (C=O) groups is 2. The molecule has 0 bridgehead atoms. The molecule has 4 heteroatoms. The Kier molecular flexibility index (Phi) is 4.32. The van der Waals surface area contributed by atoms with Crippen molar-refractivity contribution in [3.05, 3.63) is 0 Å². The number of methoxy groups -OCH3 is 1. The monoisotopic (exact) mass is 308 g/mol. The fourth-order valence-corrected chi connectivity index (χ4v) is 5.84. The smallest absolute Gasteiger partial charge is 0.309 e. The van der Waals surface area contributed by atoms with Gasteiger partial charge in [0.05, 0.1) is 13.0 Å². The summed E-state index contributed by atoms with van der Waals surface area (Å²) < 4.78 is 4.99. The summed E-state index contributed by atoms with van der Waals surface area (Å²) in [4.78, 5) is 24.9. The highest BCUT2D eigenvalue weighted by Crippen LogP contribution is 2.61. The topological polar surface area (TPSA) is 63.6 Å². The molecule has 3 aliphatic carbocycles. The third-order valence-electron chi connectivity index (χ3n) is 6.93. The number of aliphatic hydroxyl groups excluding tert-OH is 1. The van der Waals surface area contributed by atoms with Crippen LogP contribution in [0.1, 0.15) is 51.9 Å². The van der Waals surface area contributed by atoms with Gasteiger partial charge in [-0.3, -0.25) is 9.59 Å². The molecule has 0 saturated heterocycles. The number of carbonyl (C=O) groups excluding carboxylic acids is 2. The third kappa shape index (κ3) is 2.40. The third-order valence-corrected chi connectivity index (χ3v) is 6.93. The Labute approximate surface area is 132 Å². The Hall–Kier alpha value is -0.900. The predicted molar refractivity (Wildman–Crippen MR) is 82.0 cm³/mol. The van der Waals surface area contributed by atoms with Gasteiger partial charge in [0.1, 0.15) is 5.78 Å². The largest absolute Gasteiger partial charge is 0.469 e. The van der Waals surface area contributed by atoms with Crippen molar-refractivity contribution in [3.63, 3.8) is 0 Å². The molecule has 0 heterocycles. The summed E-state index contributed by atoms with van der Waals surface area (Å²) in [5, 5.41) is 9.16. The lowest BCUT2D eigenvalue weighted by Crippen LogP contribution is -2.49. The zero-order valence-electron chi connectivity index (χ0n) is 13.7. The second-order valence-corrected chi connectivity index (χ2v) is 7.87. The molecule has 4 nitrogen and oxygen atoms in total. The van der Waals surface area contributed by atoms with Crippen LogP contribution in [0, 0.1) is 35.0 Å². The van der Waals surface area contributed by atoms with Gasteiger partial charge in [0, 0.05) is 18.9 Å². The van der Waals surface area contributed by atoms with Crippen molar-refractivity contribution >= 4 is 11.8 Å². The molecule has 0 unspecified atom stereocenters. The first-order valence-corrected chi connectivity index (χ1v) is 8.72. The van der Waals surface area contributed by atoms with Crippen LogP contribution in [0.25, 0.3) is 0 Å². The van der Waals surface area contributed by atoms with E-state index in [0.717, 1.165) is 38.5 Å². The van der Waals surface area contributed by atoms with Crippen molar-refractivity contribution in [2.45, 2.75) is 51.9 Å². The van der Waals surface area contributed by atoms with E-state index in [1.807, 2.05) is 0 Å². The average Bonchev–Trinajstić information content (AvgIpc) is 2.84. The number of fused-ring (bicyclic) bond motifs is 3. The summed E-state index contributed by atoms with van der Waals surface area (Å²) >= 11 is 0. The molecule has 0 amide bonds. The van der Waals surface area contributed by atoms with Crippen LogP contribution in [0.3, 0.4) is 0 Å². The Bertz CT molecular complexity index is 460. The number of hydrogen-bond donors (Lipinski definition) is 1. The van der Waals surface area contributed by atoms with Crippen LogP contribution < -0.4 is 0 Å². The molecule has 0 aliphatic heterocycles. The van der Waals surface area contributed by atoms with Crippen molar-refractivity contribution < 1.29 is 19.4 Å². The van der Waals surface area contributed by atoms with Crippen molar-refractivity contribution in [3.8, 4) is 0 Å². The molecule has 22 heavy (non-hydrogen) atoms. The first-order valence-electron chi connectivity index (χ1n) is 8.72. The highest BCUT2D eigenvalue weighted by atomic mass is 16.5. The Balaban J connectivity index is 1.81.